The van der Waals surface area contributed by atoms with Crippen molar-refractivity contribution in [3.05, 3.63) is 82.9 Å². The summed E-state index contributed by atoms with van der Waals surface area (Å²) >= 11 is 0. The van der Waals surface area contributed by atoms with Crippen LogP contribution in [0, 0.1) is 0 Å². The van der Waals surface area contributed by atoms with Gasteiger partial charge in [0.1, 0.15) is 17.8 Å². The van der Waals surface area contributed by atoms with Gasteiger partial charge >= 0.3 is 0 Å². The van der Waals surface area contributed by atoms with Crippen molar-refractivity contribution < 1.29 is 34.7 Å². The molecule has 1 fully saturated rings. The van der Waals surface area contributed by atoms with Gasteiger partial charge in [0, 0.05) is 41.2 Å². The lowest BCUT2D eigenvalue weighted by molar-refractivity contribution is -0.124. The van der Waals surface area contributed by atoms with E-state index in [4.69, 9.17) is 9.47 Å². The molecule has 290 valence electrons. The van der Waals surface area contributed by atoms with Crippen LogP contribution in [0.3, 0.4) is 0 Å². The molecule has 3 atom stereocenters. The molecule has 0 spiro atoms. The van der Waals surface area contributed by atoms with E-state index < -0.39 is 17.9 Å². The van der Waals surface area contributed by atoms with Crippen molar-refractivity contribution in [2.45, 2.75) is 107 Å². The Morgan fingerprint density at radius 3 is 2.50 bits per heavy atom. The lowest BCUT2D eigenvalue weighted by Crippen LogP contribution is -2.45. The van der Waals surface area contributed by atoms with Crippen LogP contribution in [0.1, 0.15) is 93.2 Å². The number of carbonyl (C=O) groups excluding carboxylic acids is 1. The van der Waals surface area contributed by atoms with Crippen LogP contribution in [0.4, 0.5) is 5.69 Å². The number of ether oxygens (including phenoxy) is 2. The lowest BCUT2D eigenvalue weighted by Gasteiger charge is -2.35. The second-order valence-electron chi connectivity index (χ2n) is 14.6. The molecular weight excluding hydrogens is 721 g/mol. The van der Waals surface area contributed by atoms with E-state index in [1.54, 1.807) is 46.9 Å². The van der Waals surface area contributed by atoms with Crippen LogP contribution in [0.5, 0.6) is 17.2 Å². The molecule has 0 aromatic heterocycles. The Morgan fingerprint density at radius 1 is 0.963 bits per heavy atom. The van der Waals surface area contributed by atoms with E-state index in [0.29, 0.717) is 24.3 Å². The zero-order valence-electron chi connectivity index (χ0n) is 31.5. The molecule has 0 amide bonds. The minimum Gasteiger partial charge on any atom is -0.508 e. The number of aromatic hydroxyl groups is 2. The zero-order chi connectivity index (χ0) is 38.2. The van der Waals surface area contributed by atoms with Crippen molar-refractivity contribution in [1.29, 1.82) is 0 Å². The Kier molecular flexibility index (Phi) is 13.7. The fourth-order valence-corrected chi connectivity index (χ4v) is 10.3. The van der Waals surface area contributed by atoms with Crippen molar-refractivity contribution in [2.24, 2.45) is 0 Å². The number of anilines is 1. The largest absolute Gasteiger partial charge is 0.508 e. The summed E-state index contributed by atoms with van der Waals surface area (Å²) < 4.78 is 12.5. The average molecular weight is 775 g/mol. The predicted octanol–water partition coefficient (Wildman–Crippen LogP) is 8.78. The Labute approximate surface area is 326 Å². The van der Waals surface area contributed by atoms with Gasteiger partial charge in [-0.2, -0.15) is 0 Å². The van der Waals surface area contributed by atoms with Crippen LogP contribution in [0.15, 0.2) is 60.7 Å². The maximum Gasteiger partial charge on any atom is 0.168 e. The van der Waals surface area contributed by atoms with Crippen LogP contribution in [0.2, 0.25) is 0 Å². The van der Waals surface area contributed by atoms with E-state index in [-0.39, 0.29) is 36.4 Å². The molecule has 0 unspecified atom stereocenters. The number of aliphatic hydroxyl groups is 2. The summed E-state index contributed by atoms with van der Waals surface area (Å²) in [5.41, 5.74) is 5.62. The number of fused-ring (bicyclic) bond motifs is 5. The molecular formula is C43H54N2O7S2. The normalized spacial score (nSPS) is 19.5. The van der Waals surface area contributed by atoms with Crippen molar-refractivity contribution in [3.8, 4) is 28.4 Å². The maximum atomic E-state index is 13.8. The number of hydrogen-bond donors (Lipinski definition) is 6. The second-order valence-corrected chi connectivity index (χ2v) is 17.2. The van der Waals surface area contributed by atoms with Crippen LogP contribution < -0.4 is 15.4 Å². The molecule has 9 nitrogen and oxygen atoms in total. The number of hydrogen-bond acceptors (Lipinski definition) is 11. The van der Waals surface area contributed by atoms with Crippen LogP contribution in [0.25, 0.3) is 21.9 Å². The van der Waals surface area contributed by atoms with Crippen molar-refractivity contribution in [3.63, 3.8) is 0 Å². The van der Waals surface area contributed by atoms with Gasteiger partial charge in [-0.3, -0.25) is 10.1 Å². The molecule has 54 heavy (non-hydrogen) atoms. The lowest BCUT2D eigenvalue weighted by atomic mass is 9.89. The predicted molar refractivity (Wildman–Crippen MR) is 220 cm³/mol. The van der Waals surface area contributed by atoms with Gasteiger partial charge in [0.05, 0.1) is 31.5 Å². The van der Waals surface area contributed by atoms with E-state index in [2.05, 4.69) is 16.7 Å². The summed E-state index contributed by atoms with van der Waals surface area (Å²) in [5, 5.41) is 51.2. The van der Waals surface area contributed by atoms with E-state index in [0.717, 1.165) is 101 Å². The summed E-state index contributed by atoms with van der Waals surface area (Å²) in [4.78, 5) is 13.8. The number of aryl methyl sites for hydroxylation is 1. The molecule has 11 heteroatoms. The van der Waals surface area contributed by atoms with Gasteiger partial charge in [-0.1, -0.05) is 71.2 Å². The van der Waals surface area contributed by atoms with E-state index >= 15 is 0 Å². The van der Waals surface area contributed by atoms with Crippen LogP contribution in [-0.4, -0.2) is 63.9 Å². The summed E-state index contributed by atoms with van der Waals surface area (Å²) in [6.07, 6.45) is 6.13. The summed E-state index contributed by atoms with van der Waals surface area (Å²) in [7, 11) is 6.96. The van der Waals surface area contributed by atoms with Gasteiger partial charge in [0.15, 0.2) is 11.5 Å². The van der Waals surface area contributed by atoms with E-state index in [1.165, 1.54) is 0 Å². The number of phenolic OH excluding ortho intramolecular Hbond substituents is 2. The van der Waals surface area contributed by atoms with Crippen molar-refractivity contribution >= 4 is 43.8 Å². The van der Waals surface area contributed by atoms with Crippen LogP contribution in [-0.2, 0) is 28.3 Å². The minimum absolute atomic E-state index is 0.0294. The number of benzene rings is 4. The highest BCUT2D eigenvalue weighted by atomic mass is 33.1. The number of nitrogens with one attached hydrogen (secondary N) is 2. The second kappa shape index (κ2) is 18.5. The highest BCUT2D eigenvalue weighted by Gasteiger charge is 2.38. The van der Waals surface area contributed by atoms with E-state index in [9.17, 15) is 25.2 Å². The Bertz CT molecular complexity index is 1910. The fraction of sp³-hybridized carbons (Fsp3) is 0.465. The molecule has 4 aromatic rings. The van der Waals surface area contributed by atoms with Crippen LogP contribution >= 0.6 is 21.6 Å². The highest BCUT2D eigenvalue weighted by molar-refractivity contribution is 8.76. The van der Waals surface area contributed by atoms with E-state index in [1.807, 2.05) is 50.4 Å². The van der Waals surface area contributed by atoms with Gasteiger partial charge in [-0.25, -0.2) is 0 Å². The molecule has 0 bridgehead atoms. The first kappa shape index (κ1) is 40.2. The fourth-order valence-electron chi connectivity index (χ4n) is 8.08. The number of Topliss-reactive ketones (excluding diaryl/α,β-unsaturated/α-hetero) is 1. The average Bonchev–Trinajstić information content (AvgIpc) is 3.65. The van der Waals surface area contributed by atoms with Crippen molar-refractivity contribution in [1.82, 2.24) is 5.32 Å². The van der Waals surface area contributed by atoms with Gasteiger partial charge in [0.25, 0.3) is 0 Å². The van der Waals surface area contributed by atoms with Gasteiger partial charge < -0.3 is 35.2 Å². The molecule has 0 saturated heterocycles. The molecule has 1 heterocycles. The summed E-state index contributed by atoms with van der Waals surface area (Å²) in [6.45, 7) is 1.67. The number of phenols is 2. The highest BCUT2D eigenvalue weighted by Crippen LogP contribution is 2.46. The molecule has 4 aromatic carbocycles. The smallest absolute Gasteiger partial charge is 0.168 e. The third kappa shape index (κ3) is 9.15. The van der Waals surface area contributed by atoms with Gasteiger partial charge in [-0.05, 0) is 109 Å². The topological polar surface area (TPSA) is 141 Å². The molecule has 6 N–H and O–H groups in total. The Morgan fingerprint density at radius 2 is 1.76 bits per heavy atom. The zero-order valence-corrected chi connectivity index (χ0v) is 33.2. The minimum atomic E-state index is -0.521. The molecule has 6 rings (SSSR count). The maximum absolute atomic E-state index is 13.8. The molecule has 2 aliphatic rings. The van der Waals surface area contributed by atoms with Crippen molar-refractivity contribution in [2.75, 3.05) is 25.2 Å². The first-order chi connectivity index (χ1) is 26.2. The third-order valence-corrected chi connectivity index (χ3v) is 13.5. The summed E-state index contributed by atoms with van der Waals surface area (Å²) in [6, 6.07) is 18.9. The Balaban J connectivity index is 1.25. The number of methoxy groups -OCH3 is 1. The first-order valence-electron chi connectivity index (χ1n) is 19.1. The number of ketones is 1. The third-order valence-electron chi connectivity index (χ3n) is 11.1. The molecule has 1 aliphatic carbocycles. The quantitative estimate of drug-likeness (QED) is 0.0719. The first-order valence-corrected chi connectivity index (χ1v) is 21.6. The van der Waals surface area contributed by atoms with Gasteiger partial charge in [0.2, 0.25) is 0 Å². The molecule has 1 aliphatic heterocycles. The Hall–Kier alpha value is -3.45. The summed E-state index contributed by atoms with van der Waals surface area (Å²) in [5.74, 6) is 2.28. The molecule has 1 saturated carbocycles. The van der Waals surface area contributed by atoms with Gasteiger partial charge in [-0.15, -0.1) is 0 Å². The number of rotatable bonds is 9. The number of aliphatic hydroxyl groups excluding tert-OH is 2. The number of carbonyl (C=O) groups is 1. The SMILES string of the molecule is CN[C@H](O[C@H]1CCCCSSCc2c(ccc3ccc(O)cc23)-c2c(ccc(O)c2OC)CCC(=O)C1)c1ccc(NC2([C@H](C)O)CCCC2)c(CO)c1. The molecule has 0 radical (unpaired) electrons. The standard InChI is InChI=1S/C43H54N2O7S2/c1-27(47)43(19-5-6-20-43)45-38-17-12-30(22-31(38)25-46)42(44-2)52-34-8-4-7-21-53-54-26-37-35(16-11-28-9-14-33(49)24-36(28)37)40-29(10-15-32(48)23-34)13-18-39(50)41(40)51-3/h9,11-14,16-18,22,24,27,34,42,44-47,49-50H,4-8,10,15,19-21,23,25-26H2,1-3H3/t27-,34-,42+/m0/s1. The monoisotopic (exact) mass is 774 g/mol.